The number of rotatable bonds is 7. The predicted molar refractivity (Wildman–Crippen MR) is 148 cm³/mol. The zero-order chi connectivity index (χ0) is 26.9. The number of morpholine rings is 1. The molecule has 7 N–H and O–H groups in total. The number of ketones is 1. The molecule has 5 aliphatic heterocycles. The Kier molecular flexibility index (Phi) is 8.69. The van der Waals surface area contributed by atoms with Gasteiger partial charge in [-0.1, -0.05) is 12.8 Å². The van der Waals surface area contributed by atoms with Gasteiger partial charge in [0.25, 0.3) is 0 Å². The molecule has 0 bridgehead atoms. The molecule has 11 nitrogen and oxygen atoms in total. The zero-order valence-electron chi connectivity index (χ0n) is 22.6. The van der Waals surface area contributed by atoms with E-state index in [1.165, 1.54) is 12.8 Å². The average Bonchev–Trinajstić information content (AvgIpc) is 3.57. The third-order valence-electron chi connectivity index (χ3n) is 9.40. The van der Waals surface area contributed by atoms with Gasteiger partial charge in [0.05, 0.1) is 19.8 Å². The normalized spacial score (nSPS) is 43.1. The summed E-state index contributed by atoms with van der Waals surface area (Å²) in [6, 6.07) is 0.372. The predicted octanol–water partition coefficient (Wildman–Crippen LogP) is -0.949. The molecule has 1 saturated carbocycles. The molecule has 5 heterocycles. The molecule has 0 aromatic rings. The van der Waals surface area contributed by atoms with Crippen molar-refractivity contribution in [1.29, 1.82) is 0 Å². The minimum Gasteiger partial charge on any atom is -0.472 e. The number of carbonyl (C=O) groups is 2. The first-order valence-corrected chi connectivity index (χ1v) is 15.8. The first kappa shape index (κ1) is 27.7. The van der Waals surface area contributed by atoms with Crippen molar-refractivity contribution in [2.45, 2.75) is 92.2 Å². The summed E-state index contributed by atoms with van der Waals surface area (Å²) in [7, 11) is 0. The van der Waals surface area contributed by atoms with Crippen LogP contribution < -0.4 is 27.4 Å². The van der Waals surface area contributed by atoms with E-state index < -0.39 is 12.1 Å². The number of thioether (sulfide) groups is 1. The molecule has 6 rings (SSSR count). The third-order valence-corrected chi connectivity index (χ3v) is 10.9. The number of fused-ring (bicyclic) bond motifs is 1. The Bertz CT molecular complexity index is 934. The fourth-order valence-corrected chi connectivity index (χ4v) is 8.90. The van der Waals surface area contributed by atoms with Crippen molar-refractivity contribution in [1.82, 2.24) is 20.9 Å². The van der Waals surface area contributed by atoms with E-state index in [0.29, 0.717) is 51.4 Å². The molecule has 0 aromatic carbocycles. The maximum absolute atomic E-state index is 13.0. The van der Waals surface area contributed by atoms with Crippen LogP contribution in [0.25, 0.3) is 0 Å². The summed E-state index contributed by atoms with van der Waals surface area (Å²) < 4.78 is 18.0. The van der Waals surface area contributed by atoms with Crippen molar-refractivity contribution in [2.24, 2.45) is 17.4 Å². The van der Waals surface area contributed by atoms with E-state index in [1.54, 1.807) is 6.08 Å². The van der Waals surface area contributed by atoms with Gasteiger partial charge in [0, 0.05) is 67.1 Å². The Labute approximate surface area is 234 Å². The summed E-state index contributed by atoms with van der Waals surface area (Å²) in [5.41, 5.74) is 12.3. The second-order valence-electron chi connectivity index (χ2n) is 11.9. The van der Waals surface area contributed by atoms with Crippen LogP contribution in [-0.4, -0.2) is 116 Å². The highest BCUT2D eigenvalue weighted by atomic mass is 32.2. The van der Waals surface area contributed by atoms with Gasteiger partial charge in [0.15, 0.2) is 17.8 Å². The quantitative estimate of drug-likeness (QED) is 0.260. The number of ether oxygens (including phenoxy) is 3. The van der Waals surface area contributed by atoms with Crippen molar-refractivity contribution in [3.8, 4) is 0 Å². The first-order valence-electron chi connectivity index (χ1n) is 14.8. The van der Waals surface area contributed by atoms with E-state index in [0.717, 1.165) is 31.4 Å². The molecule has 39 heavy (non-hydrogen) atoms. The number of nitrogens with one attached hydrogen (secondary N) is 3. The summed E-state index contributed by atoms with van der Waals surface area (Å²) in [5.74, 6) is 1.39. The molecule has 0 aromatic heterocycles. The van der Waals surface area contributed by atoms with Crippen molar-refractivity contribution in [3.05, 3.63) is 12.0 Å². The number of piperidine rings is 1. The summed E-state index contributed by atoms with van der Waals surface area (Å²) in [4.78, 5) is 27.5. The minimum atomic E-state index is -0.551. The second kappa shape index (κ2) is 12.2. The molecular formula is C27H44N6O5S. The van der Waals surface area contributed by atoms with Crippen LogP contribution in [0.1, 0.15) is 38.5 Å². The Morgan fingerprint density at radius 1 is 1.10 bits per heavy atom. The Hall–Kier alpha value is -1.41. The average molecular weight is 565 g/mol. The van der Waals surface area contributed by atoms with E-state index in [1.807, 2.05) is 11.8 Å². The van der Waals surface area contributed by atoms with Gasteiger partial charge in [0.1, 0.15) is 12.1 Å². The number of carbonyl (C=O) groups excluding carboxylic acids is 2. The minimum absolute atomic E-state index is 0.0112. The summed E-state index contributed by atoms with van der Waals surface area (Å²) in [6.07, 6.45) is 7.09. The fraction of sp³-hybridized carbons (Fsp3) is 0.852. The molecule has 10 atom stereocenters. The van der Waals surface area contributed by atoms with E-state index in [2.05, 4.69) is 20.9 Å². The molecule has 0 radical (unpaired) electrons. The van der Waals surface area contributed by atoms with Crippen molar-refractivity contribution < 1.29 is 23.8 Å². The highest BCUT2D eigenvalue weighted by Crippen LogP contribution is 2.42. The van der Waals surface area contributed by atoms with Gasteiger partial charge < -0.3 is 46.5 Å². The van der Waals surface area contributed by atoms with Gasteiger partial charge in [0.2, 0.25) is 5.91 Å². The van der Waals surface area contributed by atoms with Crippen molar-refractivity contribution in [2.75, 3.05) is 45.2 Å². The molecule has 218 valence electrons. The molecule has 1 amide bonds. The Balaban J connectivity index is 1.12. The lowest BCUT2D eigenvalue weighted by Gasteiger charge is -2.42. The lowest BCUT2D eigenvalue weighted by Crippen LogP contribution is -2.67. The third kappa shape index (κ3) is 5.98. The number of nitrogens with two attached hydrogens (primary N) is 2. The molecule has 8 unspecified atom stereocenters. The first-order chi connectivity index (χ1) is 19.0. The Morgan fingerprint density at radius 3 is 2.72 bits per heavy atom. The van der Waals surface area contributed by atoms with Crippen LogP contribution in [0, 0.1) is 5.92 Å². The topological polar surface area (TPSA) is 153 Å². The van der Waals surface area contributed by atoms with Crippen LogP contribution >= 0.6 is 11.8 Å². The van der Waals surface area contributed by atoms with Gasteiger partial charge in [-0.15, -0.1) is 0 Å². The van der Waals surface area contributed by atoms with E-state index >= 15 is 0 Å². The zero-order valence-corrected chi connectivity index (χ0v) is 23.4. The van der Waals surface area contributed by atoms with E-state index in [9.17, 15) is 9.59 Å². The molecular weight excluding hydrogens is 520 g/mol. The van der Waals surface area contributed by atoms with Crippen LogP contribution in [0.5, 0.6) is 0 Å². The number of nitrogens with zero attached hydrogens (tertiary/aromatic N) is 1. The second-order valence-corrected chi connectivity index (χ2v) is 13.2. The van der Waals surface area contributed by atoms with Gasteiger partial charge in [-0.05, 0) is 31.4 Å². The molecule has 1 aliphatic carbocycles. The largest absolute Gasteiger partial charge is 0.472 e. The standard InChI is InChI=1S/C27H44N6O5S/c28-17-3-1-2-4-18(17)31-15-11-20(23(27(29)35)30-13-15)32-19-5-10-39-26(19)16-14-37-25-21(34)12-22(38-24(16)25)33-6-8-36-9-7-33/h12,15-20,23-26,30-32H,1-11,13-14,28H2,(H2,29,35)/t15?,16?,17-,18+,19?,20?,23?,24?,25?,26?/m1/s1. The highest BCUT2D eigenvalue weighted by Gasteiger charge is 2.52. The number of hydrogen-bond acceptors (Lipinski definition) is 11. The summed E-state index contributed by atoms with van der Waals surface area (Å²) in [5, 5.41) is 11.3. The smallest absolute Gasteiger partial charge is 0.236 e. The van der Waals surface area contributed by atoms with Gasteiger partial charge >= 0.3 is 0 Å². The van der Waals surface area contributed by atoms with Crippen LogP contribution in [0.3, 0.4) is 0 Å². The van der Waals surface area contributed by atoms with Gasteiger partial charge in [-0.25, -0.2) is 0 Å². The molecule has 0 spiro atoms. The summed E-state index contributed by atoms with van der Waals surface area (Å²) in [6.45, 7) is 3.89. The van der Waals surface area contributed by atoms with Gasteiger partial charge in [-0.2, -0.15) is 11.8 Å². The Morgan fingerprint density at radius 2 is 1.92 bits per heavy atom. The SMILES string of the molecule is NC(=O)C1NCC(N[C@H]2CCCC[C@H]2N)CC1NC1CCSC1C1COC2C(=O)C=C(N3CCOCC3)OC21. The summed E-state index contributed by atoms with van der Waals surface area (Å²) >= 11 is 1.91. The lowest BCUT2D eigenvalue weighted by atomic mass is 9.87. The van der Waals surface area contributed by atoms with Crippen LogP contribution in [-0.2, 0) is 23.8 Å². The van der Waals surface area contributed by atoms with Crippen molar-refractivity contribution in [3.63, 3.8) is 0 Å². The molecule has 6 aliphatic rings. The number of primary amides is 1. The van der Waals surface area contributed by atoms with E-state index in [-0.39, 0.29) is 53.1 Å². The molecule has 4 saturated heterocycles. The molecule has 12 heteroatoms. The monoisotopic (exact) mass is 564 g/mol. The molecule has 5 fully saturated rings. The van der Waals surface area contributed by atoms with E-state index in [4.69, 9.17) is 25.7 Å². The van der Waals surface area contributed by atoms with Crippen molar-refractivity contribution >= 4 is 23.5 Å². The maximum Gasteiger partial charge on any atom is 0.236 e. The van der Waals surface area contributed by atoms with Gasteiger partial charge in [-0.3, -0.25) is 9.59 Å². The highest BCUT2D eigenvalue weighted by molar-refractivity contribution is 8.00. The van der Waals surface area contributed by atoms with Crippen LogP contribution in [0.15, 0.2) is 12.0 Å². The lowest BCUT2D eigenvalue weighted by molar-refractivity contribution is -0.133. The number of hydrogen-bond donors (Lipinski definition) is 5. The van der Waals surface area contributed by atoms with Crippen LogP contribution in [0.4, 0.5) is 0 Å². The van der Waals surface area contributed by atoms with Crippen LogP contribution in [0.2, 0.25) is 0 Å². The maximum atomic E-state index is 13.0. The fourth-order valence-electron chi connectivity index (χ4n) is 7.31. The number of amides is 1.